The monoisotopic (exact) mass is 472 g/mol. The van der Waals surface area contributed by atoms with E-state index in [9.17, 15) is 14.0 Å². The van der Waals surface area contributed by atoms with Gasteiger partial charge in [-0.1, -0.05) is 41.9 Å². The van der Waals surface area contributed by atoms with Gasteiger partial charge in [0.15, 0.2) is 5.13 Å². The van der Waals surface area contributed by atoms with Crippen LogP contribution in [0.5, 0.6) is 0 Å². The number of benzene rings is 2. The number of rotatable bonds is 6. The van der Waals surface area contributed by atoms with Crippen molar-refractivity contribution in [3.63, 3.8) is 0 Å². The van der Waals surface area contributed by atoms with Crippen molar-refractivity contribution in [1.29, 1.82) is 0 Å². The summed E-state index contributed by atoms with van der Waals surface area (Å²) in [6, 6.07) is 13.6. The van der Waals surface area contributed by atoms with E-state index in [-0.39, 0.29) is 23.9 Å². The lowest BCUT2D eigenvalue weighted by Gasteiger charge is -2.34. The van der Waals surface area contributed by atoms with Gasteiger partial charge in [0, 0.05) is 48.7 Å². The number of aromatic nitrogens is 1. The number of piperazine rings is 1. The van der Waals surface area contributed by atoms with Gasteiger partial charge in [0.1, 0.15) is 5.82 Å². The van der Waals surface area contributed by atoms with Crippen LogP contribution in [0, 0.1) is 5.82 Å². The Morgan fingerprint density at radius 2 is 1.78 bits per heavy atom. The molecule has 166 valence electrons. The summed E-state index contributed by atoms with van der Waals surface area (Å²) in [6.45, 7) is 2.19. The smallest absolute Gasteiger partial charge is 0.256 e. The summed E-state index contributed by atoms with van der Waals surface area (Å²) in [7, 11) is 0. The second-order valence-corrected chi connectivity index (χ2v) is 9.02. The lowest BCUT2D eigenvalue weighted by molar-refractivity contribution is -0.117. The van der Waals surface area contributed by atoms with E-state index in [0.29, 0.717) is 42.8 Å². The highest BCUT2D eigenvalue weighted by molar-refractivity contribution is 7.15. The first kappa shape index (κ1) is 22.4. The van der Waals surface area contributed by atoms with Crippen molar-refractivity contribution in [1.82, 2.24) is 14.8 Å². The number of amides is 2. The van der Waals surface area contributed by atoms with E-state index in [1.165, 1.54) is 23.5 Å². The lowest BCUT2D eigenvalue weighted by atomic mass is 10.1. The van der Waals surface area contributed by atoms with E-state index >= 15 is 0 Å². The fraction of sp³-hybridized carbons (Fsp3) is 0.261. The topological polar surface area (TPSA) is 65.5 Å². The molecule has 9 heteroatoms. The number of nitrogens with one attached hydrogen (secondary N) is 1. The molecule has 1 saturated heterocycles. The van der Waals surface area contributed by atoms with E-state index in [0.717, 1.165) is 10.4 Å². The molecule has 0 atom stereocenters. The van der Waals surface area contributed by atoms with Gasteiger partial charge in [0.05, 0.1) is 12.1 Å². The minimum atomic E-state index is -0.517. The van der Waals surface area contributed by atoms with Crippen molar-refractivity contribution in [3.05, 3.63) is 81.6 Å². The van der Waals surface area contributed by atoms with Crippen LogP contribution in [0.4, 0.5) is 9.52 Å². The minimum Gasteiger partial charge on any atom is -0.336 e. The van der Waals surface area contributed by atoms with Crippen LogP contribution in [0.3, 0.4) is 0 Å². The van der Waals surface area contributed by atoms with Crippen molar-refractivity contribution in [2.24, 2.45) is 0 Å². The molecule has 6 nitrogen and oxygen atoms in total. The maximum Gasteiger partial charge on any atom is 0.256 e. The minimum absolute atomic E-state index is 0.0788. The molecule has 1 aromatic heterocycles. The predicted molar refractivity (Wildman–Crippen MR) is 124 cm³/mol. The standard InChI is InChI=1S/C23H22ClFN4O2S/c24-19-7-3-1-5-16(19)13-17-14-26-23(32-17)27-21(30)15-28-9-11-29(12-10-28)22(31)18-6-2-4-8-20(18)25/h1-8,14H,9-13,15H2,(H,26,27,30). The van der Waals surface area contributed by atoms with Gasteiger partial charge in [0.2, 0.25) is 5.91 Å². The molecular weight excluding hydrogens is 451 g/mol. The first-order valence-corrected chi connectivity index (χ1v) is 11.4. The highest BCUT2D eigenvalue weighted by atomic mass is 35.5. The number of anilines is 1. The van der Waals surface area contributed by atoms with Gasteiger partial charge in [0.25, 0.3) is 5.91 Å². The average Bonchev–Trinajstić information content (AvgIpc) is 3.22. The zero-order valence-corrected chi connectivity index (χ0v) is 18.8. The van der Waals surface area contributed by atoms with Crippen molar-refractivity contribution in [3.8, 4) is 0 Å². The number of nitrogens with zero attached hydrogens (tertiary/aromatic N) is 3. The van der Waals surface area contributed by atoms with Gasteiger partial charge in [-0.3, -0.25) is 14.5 Å². The average molecular weight is 473 g/mol. The molecule has 3 aromatic rings. The van der Waals surface area contributed by atoms with Gasteiger partial charge in [-0.25, -0.2) is 9.37 Å². The maximum atomic E-state index is 13.9. The highest BCUT2D eigenvalue weighted by Crippen LogP contribution is 2.24. The zero-order chi connectivity index (χ0) is 22.5. The Kier molecular flexibility index (Phi) is 7.14. The fourth-order valence-electron chi connectivity index (χ4n) is 3.55. The Morgan fingerprint density at radius 1 is 1.06 bits per heavy atom. The van der Waals surface area contributed by atoms with E-state index in [1.807, 2.05) is 29.2 Å². The number of carbonyl (C=O) groups excluding carboxylic acids is 2. The molecular formula is C23H22ClFN4O2S. The fourth-order valence-corrected chi connectivity index (χ4v) is 4.61. The van der Waals surface area contributed by atoms with Gasteiger partial charge in [-0.05, 0) is 23.8 Å². The predicted octanol–water partition coefficient (Wildman–Crippen LogP) is 3.92. The molecule has 0 unspecified atom stereocenters. The SMILES string of the molecule is O=C(CN1CCN(C(=O)c2ccccc2F)CC1)Nc1ncc(Cc2ccccc2Cl)s1. The van der Waals surface area contributed by atoms with Crippen LogP contribution in [-0.4, -0.2) is 59.3 Å². The lowest BCUT2D eigenvalue weighted by Crippen LogP contribution is -2.50. The van der Waals surface area contributed by atoms with Crippen LogP contribution in [0.25, 0.3) is 0 Å². The van der Waals surface area contributed by atoms with Gasteiger partial charge < -0.3 is 10.2 Å². The number of halogens is 2. The number of hydrogen-bond donors (Lipinski definition) is 1. The summed E-state index contributed by atoms with van der Waals surface area (Å²) in [5.74, 6) is -0.991. The van der Waals surface area contributed by atoms with Crippen LogP contribution in [0.2, 0.25) is 5.02 Å². The summed E-state index contributed by atoms with van der Waals surface area (Å²) in [6.07, 6.45) is 2.40. The summed E-state index contributed by atoms with van der Waals surface area (Å²) in [4.78, 5) is 33.9. The summed E-state index contributed by atoms with van der Waals surface area (Å²) >= 11 is 7.63. The van der Waals surface area contributed by atoms with E-state index in [4.69, 9.17) is 11.6 Å². The Morgan fingerprint density at radius 3 is 2.53 bits per heavy atom. The Hall–Kier alpha value is -2.81. The zero-order valence-electron chi connectivity index (χ0n) is 17.3. The maximum absolute atomic E-state index is 13.9. The van der Waals surface area contributed by atoms with Crippen molar-refractivity contribution in [2.45, 2.75) is 6.42 Å². The second-order valence-electron chi connectivity index (χ2n) is 7.50. The van der Waals surface area contributed by atoms with Gasteiger partial charge in [-0.2, -0.15) is 0 Å². The molecule has 0 saturated carbocycles. The van der Waals surface area contributed by atoms with Crippen LogP contribution >= 0.6 is 22.9 Å². The molecule has 0 spiro atoms. The molecule has 4 rings (SSSR count). The van der Waals surface area contributed by atoms with Crippen molar-refractivity contribution < 1.29 is 14.0 Å². The highest BCUT2D eigenvalue weighted by Gasteiger charge is 2.25. The molecule has 1 aliphatic rings. The Balaban J connectivity index is 1.25. The molecule has 2 heterocycles. The molecule has 2 aromatic carbocycles. The molecule has 1 N–H and O–H groups in total. The third kappa shape index (κ3) is 5.51. The molecule has 32 heavy (non-hydrogen) atoms. The summed E-state index contributed by atoms with van der Waals surface area (Å²) in [5, 5.41) is 4.10. The Labute approximate surface area is 194 Å². The normalized spacial score (nSPS) is 14.4. The van der Waals surface area contributed by atoms with Crippen LogP contribution in [-0.2, 0) is 11.2 Å². The third-order valence-corrected chi connectivity index (χ3v) is 6.53. The molecule has 1 aliphatic heterocycles. The second kappa shape index (κ2) is 10.2. The molecule has 1 fully saturated rings. The molecule has 0 bridgehead atoms. The van der Waals surface area contributed by atoms with E-state index < -0.39 is 5.82 Å². The van der Waals surface area contributed by atoms with E-state index in [1.54, 1.807) is 23.2 Å². The molecule has 2 amide bonds. The molecule has 0 aliphatic carbocycles. The summed E-state index contributed by atoms with van der Waals surface area (Å²) in [5.41, 5.74) is 1.09. The third-order valence-electron chi connectivity index (χ3n) is 5.25. The van der Waals surface area contributed by atoms with Crippen LogP contribution < -0.4 is 5.32 Å². The number of hydrogen-bond acceptors (Lipinski definition) is 5. The first-order valence-electron chi connectivity index (χ1n) is 10.2. The van der Waals surface area contributed by atoms with Crippen molar-refractivity contribution in [2.75, 3.05) is 38.0 Å². The quantitative estimate of drug-likeness (QED) is 0.590. The summed E-state index contributed by atoms with van der Waals surface area (Å²) < 4.78 is 13.9. The van der Waals surface area contributed by atoms with Gasteiger partial charge in [-0.15, -0.1) is 11.3 Å². The largest absolute Gasteiger partial charge is 0.336 e. The Bertz CT molecular complexity index is 1110. The van der Waals surface area contributed by atoms with E-state index in [2.05, 4.69) is 10.3 Å². The van der Waals surface area contributed by atoms with Crippen molar-refractivity contribution >= 4 is 39.9 Å². The first-order chi connectivity index (χ1) is 15.5. The van der Waals surface area contributed by atoms with Gasteiger partial charge >= 0.3 is 0 Å². The number of thiazole rings is 1. The van der Waals surface area contributed by atoms with Crippen LogP contribution in [0.15, 0.2) is 54.7 Å². The molecule has 0 radical (unpaired) electrons. The van der Waals surface area contributed by atoms with Crippen LogP contribution in [0.1, 0.15) is 20.8 Å². The number of carbonyl (C=O) groups is 2.